The van der Waals surface area contributed by atoms with Gasteiger partial charge in [0.05, 0.1) is 5.92 Å². The van der Waals surface area contributed by atoms with Crippen molar-refractivity contribution in [3.8, 4) is 0 Å². The number of Topliss-reactive ketones (excluding diaryl/α,β-unsaturated/α-hetero) is 1. The lowest BCUT2D eigenvalue weighted by molar-refractivity contribution is -0.148. The maximum absolute atomic E-state index is 11.1. The van der Waals surface area contributed by atoms with E-state index in [1.807, 2.05) is 6.92 Å². The molecular weight excluding hydrogens is 172 g/mol. The predicted octanol–water partition coefficient (Wildman–Crippen LogP) is -0.310. The van der Waals surface area contributed by atoms with Gasteiger partial charge < -0.3 is 16.6 Å². The monoisotopic (exact) mass is 188 g/mol. The molecule has 0 bridgehead atoms. The second-order valence-corrected chi connectivity index (χ2v) is 3.19. The molecule has 0 aromatic heterocycles. The van der Waals surface area contributed by atoms with Crippen LogP contribution >= 0.6 is 0 Å². The smallest absolute Gasteiger partial charge is 0.339 e. The van der Waals surface area contributed by atoms with Crippen LogP contribution in [0.15, 0.2) is 0 Å². The quantitative estimate of drug-likeness (QED) is 0.513. The maximum Gasteiger partial charge on any atom is 0.339 e. The molecule has 0 rings (SSSR count). The van der Waals surface area contributed by atoms with Gasteiger partial charge >= 0.3 is 5.97 Å². The molecule has 5 N–H and O–H groups in total. The molecule has 0 saturated carbocycles. The maximum atomic E-state index is 11.1. The van der Waals surface area contributed by atoms with Crippen LogP contribution in [-0.2, 0) is 9.59 Å². The Kier molecular flexibility index (Phi) is 4.03. The van der Waals surface area contributed by atoms with E-state index in [4.69, 9.17) is 16.6 Å². The van der Waals surface area contributed by atoms with E-state index in [1.165, 1.54) is 6.92 Å². The van der Waals surface area contributed by atoms with Crippen LogP contribution in [0, 0.1) is 5.92 Å². The van der Waals surface area contributed by atoms with Gasteiger partial charge in [-0.05, 0) is 13.3 Å². The molecule has 0 aliphatic rings. The highest BCUT2D eigenvalue weighted by molar-refractivity contribution is 5.89. The highest BCUT2D eigenvalue weighted by atomic mass is 16.4. The lowest BCUT2D eigenvalue weighted by atomic mass is 9.87. The van der Waals surface area contributed by atoms with Gasteiger partial charge in [0.15, 0.2) is 5.66 Å². The van der Waals surface area contributed by atoms with Gasteiger partial charge in [-0.15, -0.1) is 0 Å². The first-order valence-corrected chi connectivity index (χ1v) is 4.15. The molecule has 0 aromatic rings. The van der Waals surface area contributed by atoms with E-state index in [0.717, 1.165) is 0 Å². The average Bonchev–Trinajstić information content (AvgIpc) is 1.98. The molecule has 0 spiro atoms. The van der Waals surface area contributed by atoms with Crippen LogP contribution in [0.25, 0.3) is 0 Å². The number of rotatable bonds is 5. The van der Waals surface area contributed by atoms with Crippen LogP contribution in [0.3, 0.4) is 0 Å². The molecule has 0 aromatic carbocycles. The van der Waals surface area contributed by atoms with Crippen LogP contribution in [0.2, 0.25) is 0 Å². The molecule has 5 nitrogen and oxygen atoms in total. The second-order valence-electron chi connectivity index (χ2n) is 3.19. The van der Waals surface area contributed by atoms with E-state index >= 15 is 0 Å². The van der Waals surface area contributed by atoms with Crippen molar-refractivity contribution in [2.45, 2.75) is 32.4 Å². The Labute approximate surface area is 77.1 Å². The van der Waals surface area contributed by atoms with E-state index in [2.05, 4.69) is 0 Å². The topological polar surface area (TPSA) is 106 Å². The summed E-state index contributed by atoms with van der Waals surface area (Å²) in [5.41, 5.74) is 8.75. The standard InChI is InChI=1S/C8H16N2O3/c1-3-4-6(5(2)11)8(9,10)7(12)13/h6H,3-4,9-10H2,1-2H3,(H,12,13). The highest BCUT2D eigenvalue weighted by Crippen LogP contribution is 2.17. The van der Waals surface area contributed by atoms with Crippen molar-refractivity contribution in [3.63, 3.8) is 0 Å². The molecule has 5 heteroatoms. The molecule has 0 fully saturated rings. The summed E-state index contributed by atoms with van der Waals surface area (Å²) >= 11 is 0. The minimum atomic E-state index is -1.94. The highest BCUT2D eigenvalue weighted by Gasteiger charge is 2.40. The number of carboxylic acid groups (broad SMARTS) is 1. The second kappa shape index (κ2) is 4.34. The average molecular weight is 188 g/mol. The van der Waals surface area contributed by atoms with Crippen molar-refractivity contribution < 1.29 is 14.7 Å². The van der Waals surface area contributed by atoms with Crippen molar-refractivity contribution in [1.29, 1.82) is 0 Å². The third-order valence-corrected chi connectivity index (χ3v) is 2.02. The lowest BCUT2D eigenvalue weighted by Crippen LogP contribution is -2.63. The lowest BCUT2D eigenvalue weighted by Gasteiger charge is -2.27. The SMILES string of the molecule is CCCC(C(C)=O)C(N)(N)C(=O)O. The molecule has 0 aliphatic heterocycles. The summed E-state index contributed by atoms with van der Waals surface area (Å²) < 4.78 is 0. The fraction of sp³-hybridized carbons (Fsp3) is 0.750. The Hall–Kier alpha value is -0.940. The van der Waals surface area contributed by atoms with Crippen LogP contribution < -0.4 is 11.5 Å². The van der Waals surface area contributed by atoms with Gasteiger partial charge in [-0.3, -0.25) is 4.79 Å². The van der Waals surface area contributed by atoms with Crippen molar-refractivity contribution in [1.82, 2.24) is 0 Å². The number of hydrogen-bond donors (Lipinski definition) is 3. The molecule has 0 amide bonds. The summed E-state index contributed by atoms with van der Waals surface area (Å²) in [6.45, 7) is 3.14. The number of carbonyl (C=O) groups excluding carboxylic acids is 1. The third-order valence-electron chi connectivity index (χ3n) is 2.02. The van der Waals surface area contributed by atoms with Crippen molar-refractivity contribution in [2.75, 3.05) is 0 Å². The number of ketones is 1. The Balaban J connectivity index is 4.71. The summed E-state index contributed by atoms with van der Waals surface area (Å²) in [7, 11) is 0. The molecule has 0 aliphatic carbocycles. The fourth-order valence-electron chi connectivity index (χ4n) is 1.22. The van der Waals surface area contributed by atoms with Crippen LogP contribution in [0.5, 0.6) is 0 Å². The first-order valence-electron chi connectivity index (χ1n) is 4.15. The van der Waals surface area contributed by atoms with Gasteiger partial charge in [-0.1, -0.05) is 13.3 Å². The predicted molar refractivity (Wildman–Crippen MR) is 47.8 cm³/mol. The molecule has 0 radical (unpaired) electrons. The van der Waals surface area contributed by atoms with Crippen LogP contribution in [0.1, 0.15) is 26.7 Å². The zero-order valence-electron chi connectivity index (χ0n) is 7.91. The number of nitrogens with two attached hydrogens (primary N) is 2. The van der Waals surface area contributed by atoms with Gasteiger partial charge in [-0.2, -0.15) is 0 Å². The molecule has 0 saturated heterocycles. The fourth-order valence-corrected chi connectivity index (χ4v) is 1.22. The summed E-state index contributed by atoms with van der Waals surface area (Å²) in [4.78, 5) is 21.7. The Morgan fingerprint density at radius 2 is 1.92 bits per heavy atom. The number of carbonyl (C=O) groups is 2. The zero-order chi connectivity index (χ0) is 10.6. The molecule has 76 valence electrons. The van der Waals surface area contributed by atoms with Crippen LogP contribution in [0.4, 0.5) is 0 Å². The zero-order valence-corrected chi connectivity index (χ0v) is 7.91. The van der Waals surface area contributed by atoms with E-state index in [0.29, 0.717) is 12.8 Å². The van der Waals surface area contributed by atoms with Gasteiger partial charge in [0.2, 0.25) is 0 Å². The molecule has 1 atom stereocenters. The summed E-state index contributed by atoms with van der Waals surface area (Å²) in [5.74, 6) is -2.44. The van der Waals surface area contributed by atoms with Gasteiger partial charge in [0.1, 0.15) is 5.78 Å². The van der Waals surface area contributed by atoms with Gasteiger partial charge in [-0.25, -0.2) is 4.79 Å². The van der Waals surface area contributed by atoms with E-state index < -0.39 is 17.6 Å². The Morgan fingerprint density at radius 1 is 1.46 bits per heavy atom. The third kappa shape index (κ3) is 2.78. The van der Waals surface area contributed by atoms with E-state index in [-0.39, 0.29) is 5.78 Å². The van der Waals surface area contributed by atoms with Gasteiger partial charge in [0.25, 0.3) is 0 Å². The molecule has 0 heterocycles. The van der Waals surface area contributed by atoms with Gasteiger partial charge in [0, 0.05) is 0 Å². The Morgan fingerprint density at radius 3 is 2.15 bits per heavy atom. The number of aliphatic carboxylic acids is 1. The summed E-state index contributed by atoms with van der Waals surface area (Å²) in [6.07, 6.45) is 1.07. The largest absolute Gasteiger partial charge is 0.479 e. The first kappa shape index (κ1) is 12.1. The van der Waals surface area contributed by atoms with E-state index in [1.54, 1.807) is 0 Å². The molecule has 13 heavy (non-hydrogen) atoms. The molecule has 1 unspecified atom stereocenters. The number of hydrogen-bond acceptors (Lipinski definition) is 4. The molecular formula is C8H16N2O3. The van der Waals surface area contributed by atoms with Crippen molar-refractivity contribution in [3.05, 3.63) is 0 Å². The summed E-state index contributed by atoms with van der Waals surface area (Å²) in [5, 5.41) is 8.68. The van der Waals surface area contributed by atoms with E-state index in [9.17, 15) is 9.59 Å². The van der Waals surface area contributed by atoms with Crippen molar-refractivity contribution in [2.24, 2.45) is 17.4 Å². The summed E-state index contributed by atoms with van der Waals surface area (Å²) in [6, 6.07) is 0. The normalized spacial score (nSPS) is 13.8. The minimum absolute atomic E-state index is 0.283. The first-order chi connectivity index (χ1) is 5.84. The Bertz CT molecular complexity index is 213. The van der Waals surface area contributed by atoms with Crippen molar-refractivity contribution >= 4 is 11.8 Å². The van der Waals surface area contributed by atoms with Crippen LogP contribution in [-0.4, -0.2) is 22.5 Å². The minimum Gasteiger partial charge on any atom is -0.479 e. The number of carboxylic acids is 1.